The number of aliphatic imine (C=N–C) groups is 1. The third kappa shape index (κ3) is 7.84. The molecule has 0 saturated heterocycles. The Kier molecular flexibility index (Phi) is 9.93. The SMILES string of the molecule is CCOC(=O)CC(NC(=O)CNC(=O)c1cccc(N=CNN)c1)c1ccc(Cl)c(Cl)c1. The summed E-state index contributed by atoms with van der Waals surface area (Å²) in [5, 5.41) is 5.88. The Hall–Kier alpha value is -3.14. The van der Waals surface area contributed by atoms with Crippen molar-refractivity contribution in [1.29, 1.82) is 0 Å². The number of halogens is 2. The zero-order valence-corrected chi connectivity index (χ0v) is 18.7. The molecule has 0 fully saturated rings. The molecule has 2 aromatic rings. The minimum Gasteiger partial charge on any atom is -0.466 e. The number of nitrogens with two attached hydrogens (primary N) is 1. The summed E-state index contributed by atoms with van der Waals surface area (Å²) >= 11 is 12.0. The zero-order valence-electron chi connectivity index (χ0n) is 17.2. The first-order chi connectivity index (χ1) is 15.3. The Bertz CT molecular complexity index is 1000. The molecule has 2 amide bonds. The van der Waals surface area contributed by atoms with Gasteiger partial charge in [0.25, 0.3) is 5.91 Å². The number of esters is 1. The van der Waals surface area contributed by atoms with Crippen molar-refractivity contribution < 1.29 is 19.1 Å². The number of benzene rings is 2. The molecule has 9 nitrogen and oxygen atoms in total. The van der Waals surface area contributed by atoms with Crippen LogP contribution in [0.25, 0.3) is 0 Å². The summed E-state index contributed by atoms with van der Waals surface area (Å²) in [5.41, 5.74) is 3.67. The van der Waals surface area contributed by atoms with E-state index < -0.39 is 23.8 Å². The second-order valence-corrected chi connectivity index (χ2v) is 7.28. The quantitative estimate of drug-likeness (QED) is 0.136. The highest BCUT2D eigenvalue weighted by Gasteiger charge is 2.20. The molecule has 0 aliphatic heterocycles. The Morgan fingerprint density at radius 2 is 1.94 bits per heavy atom. The minimum absolute atomic E-state index is 0.110. The van der Waals surface area contributed by atoms with Crippen molar-refractivity contribution in [2.24, 2.45) is 10.8 Å². The molecule has 1 unspecified atom stereocenters. The molecule has 32 heavy (non-hydrogen) atoms. The molecule has 0 aliphatic rings. The van der Waals surface area contributed by atoms with E-state index in [9.17, 15) is 14.4 Å². The van der Waals surface area contributed by atoms with Gasteiger partial charge in [0.1, 0.15) is 6.34 Å². The fraction of sp³-hybridized carbons (Fsp3) is 0.238. The molecule has 2 aromatic carbocycles. The van der Waals surface area contributed by atoms with Crippen molar-refractivity contribution >= 4 is 53.0 Å². The number of nitrogens with one attached hydrogen (secondary N) is 3. The topological polar surface area (TPSA) is 135 Å². The average molecular weight is 480 g/mol. The van der Waals surface area contributed by atoms with Crippen LogP contribution in [0.5, 0.6) is 0 Å². The van der Waals surface area contributed by atoms with Crippen molar-refractivity contribution in [3.8, 4) is 0 Å². The summed E-state index contributed by atoms with van der Waals surface area (Å²) in [6.07, 6.45) is 1.16. The molecular weight excluding hydrogens is 457 g/mol. The van der Waals surface area contributed by atoms with Gasteiger partial charge in [-0.25, -0.2) is 10.8 Å². The predicted molar refractivity (Wildman–Crippen MR) is 123 cm³/mol. The largest absolute Gasteiger partial charge is 0.466 e. The van der Waals surface area contributed by atoms with Crippen molar-refractivity contribution in [2.45, 2.75) is 19.4 Å². The van der Waals surface area contributed by atoms with E-state index in [1.807, 2.05) is 0 Å². The second kappa shape index (κ2) is 12.7. The summed E-state index contributed by atoms with van der Waals surface area (Å²) < 4.78 is 4.98. The number of hydrogen-bond acceptors (Lipinski definition) is 6. The van der Waals surface area contributed by atoms with Crippen LogP contribution in [0.15, 0.2) is 47.5 Å². The van der Waals surface area contributed by atoms with E-state index >= 15 is 0 Å². The highest BCUT2D eigenvalue weighted by atomic mass is 35.5. The van der Waals surface area contributed by atoms with Crippen LogP contribution in [0.4, 0.5) is 5.69 Å². The first kappa shape index (κ1) is 25.1. The Labute approximate surface area is 195 Å². The Morgan fingerprint density at radius 1 is 1.16 bits per heavy atom. The van der Waals surface area contributed by atoms with Crippen LogP contribution in [0.1, 0.15) is 35.3 Å². The predicted octanol–water partition coefficient (Wildman–Crippen LogP) is 2.66. The molecule has 0 heterocycles. The number of hydrazine groups is 1. The van der Waals surface area contributed by atoms with E-state index in [1.54, 1.807) is 49.4 Å². The van der Waals surface area contributed by atoms with Gasteiger partial charge in [-0.05, 0) is 42.8 Å². The number of hydrogen-bond donors (Lipinski definition) is 4. The molecule has 5 N–H and O–H groups in total. The molecule has 0 aromatic heterocycles. The van der Waals surface area contributed by atoms with E-state index in [0.29, 0.717) is 21.8 Å². The normalized spacial score (nSPS) is 11.6. The first-order valence-electron chi connectivity index (χ1n) is 9.61. The number of carbonyl (C=O) groups excluding carboxylic acids is 3. The van der Waals surface area contributed by atoms with Gasteiger partial charge in [-0.1, -0.05) is 35.3 Å². The molecule has 11 heteroatoms. The lowest BCUT2D eigenvalue weighted by Gasteiger charge is -2.19. The molecule has 170 valence electrons. The smallest absolute Gasteiger partial charge is 0.308 e. The van der Waals surface area contributed by atoms with Gasteiger partial charge in [-0.2, -0.15) is 0 Å². The van der Waals surface area contributed by atoms with Crippen LogP contribution < -0.4 is 21.9 Å². The molecule has 2 rings (SSSR count). The van der Waals surface area contributed by atoms with Crippen molar-refractivity contribution in [3.63, 3.8) is 0 Å². The highest BCUT2D eigenvalue weighted by molar-refractivity contribution is 6.42. The fourth-order valence-electron chi connectivity index (χ4n) is 2.72. The molecular formula is C21H23Cl2N5O4. The van der Waals surface area contributed by atoms with E-state index in [4.69, 9.17) is 33.8 Å². The Balaban J connectivity index is 2.04. The number of rotatable bonds is 10. The van der Waals surface area contributed by atoms with Gasteiger partial charge in [0.05, 0.1) is 41.3 Å². The van der Waals surface area contributed by atoms with Gasteiger partial charge >= 0.3 is 5.97 Å². The van der Waals surface area contributed by atoms with Crippen LogP contribution in [0.2, 0.25) is 10.0 Å². The number of amides is 2. The van der Waals surface area contributed by atoms with Gasteiger partial charge in [0.15, 0.2) is 0 Å². The standard InChI is InChI=1S/C21H23Cl2N5O4/c1-2-32-20(30)10-18(13-6-7-16(22)17(23)9-13)28-19(29)11-25-21(31)14-4-3-5-15(8-14)26-12-27-24/h3-9,12,18H,2,10-11,24H2,1H3,(H,25,31)(H,26,27)(H,28,29). The zero-order chi connectivity index (χ0) is 23.5. The maximum Gasteiger partial charge on any atom is 0.308 e. The Morgan fingerprint density at radius 3 is 2.62 bits per heavy atom. The second-order valence-electron chi connectivity index (χ2n) is 6.46. The fourth-order valence-corrected chi connectivity index (χ4v) is 3.02. The third-order valence-electron chi connectivity index (χ3n) is 4.16. The monoisotopic (exact) mass is 479 g/mol. The lowest BCUT2D eigenvalue weighted by molar-refractivity contribution is -0.143. The van der Waals surface area contributed by atoms with Crippen LogP contribution in [0.3, 0.4) is 0 Å². The first-order valence-corrected chi connectivity index (χ1v) is 10.4. The third-order valence-corrected chi connectivity index (χ3v) is 4.90. The number of ether oxygens (including phenoxy) is 1. The highest BCUT2D eigenvalue weighted by Crippen LogP contribution is 2.27. The summed E-state index contributed by atoms with van der Waals surface area (Å²) in [5.74, 6) is 3.68. The van der Waals surface area contributed by atoms with Gasteiger partial charge in [-0.3, -0.25) is 14.4 Å². The number of nitrogens with zero attached hydrogens (tertiary/aromatic N) is 1. The van der Waals surface area contributed by atoms with E-state index in [1.165, 1.54) is 6.34 Å². The van der Waals surface area contributed by atoms with Crippen LogP contribution in [0, 0.1) is 0 Å². The van der Waals surface area contributed by atoms with Crippen molar-refractivity contribution in [2.75, 3.05) is 13.2 Å². The van der Waals surface area contributed by atoms with Crippen molar-refractivity contribution in [3.05, 3.63) is 63.6 Å². The average Bonchev–Trinajstić information content (AvgIpc) is 2.77. The summed E-state index contributed by atoms with van der Waals surface area (Å²) in [6, 6.07) is 10.5. The molecule has 0 bridgehead atoms. The molecule has 0 aliphatic carbocycles. The van der Waals surface area contributed by atoms with Crippen LogP contribution in [-0.2, 0) is 14.3 Å². The van der Waals surface area contributed by atoms with Crippen LogP contribution in [-0.4, -0.2) is 37.3 Å². The van der Waals surface area contributed by atoms with E-state index in [-0.39, 0.29) is 24.6 Å². The minimum atomic E-state index is -0.713. The van der Waals surface area contributed by atoms with Gasteiger partial charge in [-0.15, -0.1) is 0 Å². The van der Waals surface area contributed by atoms with Gasteiger partial charge in [0, 0.05) is 5.56 Å². The van der Waals surface area contributed by atoms with Gasteiger partial charge in [0.2, 0.25) is 5.91 Å². The van der Waals surface area contributed by atoms with E-state index in [0.717, 1.165) is 0 Å². The maximum absolute atomic E-state index is 12.5. The lowest BCUT2D eigenvalue weighted by atomic mass is 10.0. The molecule has 0 saturated carbocycles. The lowest BCUT2D eigenvalue weighted by Crippen LogP contribution is -2.39. The van der Waals surface area contributed by atoms with E-state index in [2.05, 4.69) is 21.1 Å². The van der Waals surface area contributed by atoms with Crippen molar-refractivity contribution in [1.82, 2.24) is 16.1 Å². The maximum atomic E-state index is 12.5. The molecule has 1 atom stereocenters. The van der Waals surface area contributed by atoms with Gasteiger partial charge < -0.3 is 20.8 Å². The van der Waals surface area contributed by atoms with Crippen LogP contribution >= 0.6 is 23.2 Å². The summed E-state index contributed by atoms with van der Waals surface area (Å²) in [7, 11) is 0. The molecule has 0 spiro atoms. The summed E-state index contributed by atoms with van der Waals surface area (Å²) in [4.78, 5) is 40.9. The molecule has 0 radical (unpaired) electrons. The summed E-state index contributed by atoms with van der Waals surface area (Å²) in [6.45, 7) is 1.59. The number of carbonyl (C=O) groups is 3.